The van der Waals surface area contributed by atoms with Crippen molar-refractivity contribution in [3.63, 3.8) is 0 Å². The van der Waals surface area contributed by atoms with E-state index >= 15 is 0 Å². The minimum absolute atomic E-state index is 0.0223. The molecule has 0 bridgehead atoms. The second kappa shape index (κ2) is 6.73. The number of oxazole rings is 1. The van der Waals surface area contributed by atoms with Crippen LogP contribution >= 0.6 is 0 Å². The van der Waals surface area contributed by atoms with Crippen molar-refractivity contribution in [2.24, 2.45) is 7.05 Å². The highest BCUT2D eigenvalue weighted by molar-refractivity contribution is 7.89. The molecule has 0 spiro atoms. The lowest BCUT2D eigenvalue weighted by molar-refractivity contribution is 0.527. The lowest BCUT2D eigenvalue weighted by Crippen LogP contribution is -2.23. The van der Waals surface area contributed by atoms with Crippen LogP contribution in [0.2, 0.25) is 0 Å². The second-order valence-electron chi connectivity index (χ2n) is 6.25. The fourth-order valence-corrected chi connectivity index (χ4v) is 3.90. The molecular formula is C18H17N5O4S. The van der Waals surface area contributed by atoms with Crippen molar-refractivity contribution in [3.8, 4) is 5.82 Å². The molecule has 0 radical (unpaired) electrons. The summed E-state index contributed by atoms with van der Waals surface area (Å²) in [6.07, 6.45) is 5.07. The van der Waals surface area contributed by atoms with Crippen molar-refractivity contribution in [2.45, 2.75) is 18.4 Å². The molecule has 0 atom stereocenters. The number of aryl methyl sites for hydroxylation is 2. The van der Waals surface area contributed by atoms with Crippen LogP contribution in [0.15, 0.2) is 63.0 Å². The van der Waals surface area contributed by atoms with Gasteiger partial charge in [0, 0.05) is 38.2 Å². The molecule has 144 valence electrons. The lowest BCUT2D eigenvalue weighted by atomic mass is 10.2. The maximum Gasteiger partial charge on any atom is 0.419 e. The molecule has 4 aromatic rings. The fourth-order valence-electron chi connectivity index (χ4n) is 2.87. The van der Waals surface area contributed by atoms with Gasteiger partial charge in [0.25, 0.3) is 0 Å². The summed E-state index contributed by atoms with van der Waals surface area (Å²) in [5.41, 5.74) is 1.49. The summed E-state index contributed by atoms with van der Waals surface area (Å²) in [4.78, 5) is 20.1. The van der Waals surface area contributed by atoms with Crippen molar-refractivity contribution >= 4 is 21.1 Å². The Morgan fingerprint density at radius 1 is 1.14 bits per heavy atom. The Bertz CT molecular complexity index is 1330. The number of pyridine rings is 1. The van der Waals surface area contributed by atoms with Crippen LogP contribution in [0.1, 0.15) is 11.4 Å². The van der Waals surface area contributed by atoms with Gasteiger partial charge in [0.2, 0.25) is 10.0 Å². The quantitative estimate of drug-likeness (QED) is 0.544. The first-order valence-corrected chi connectivity index (χ1v) is 9.88. The molecule has 0 aliphatic heterocycles. The van der Waals surface area contributed by atoms with Gasteiger partial charge >= 0.3 is 5.76 Å². The van der Waals surface area contributed by atoms with Crippen LogP contribution in [0.3, 0.4) is 0 Å². The lowest BCUT2D eigenvalue weighted by Gasteiger charge is -2.09. The van der Waals surface area contributed by atoms with E-state index < -0.39 is 15.8 Å². The summed E-state index contributed by atoms with van der Waals surface area (Å²) >= 11 is 0. The minimum atomic E-state index is -3.79. The number of aromatic nitrogens is 4. The van der Waals surface area contributed by atoms with Gasteiger partial charge in [-0.3, -0.25) is 9.13 Å². The van der Waals surface area contributed by atoms with Gasteiger partial charge < -0.3 is 4.42 Å². The number of nitrogens with one attached hydrogen (secondary N) is 1. The van der Waals surface area contributed by atoms with Gasteiger partial charge in [0.15, 0.2) is 5.58 Å². The number of hydrogen-bond donors (Lipinski definition) is 1. The average Bonchev–Trinajstić information content (AvgIpc) is 3.23. The molecule has 1 N–H and O–H groups in total. The molecule has 0 fully saturated rings. The zero-order chi connectivity index (χ0) is 19.9. The zero-order valence-corrected chi connectivity index (χ0v) is 16.0. The van der Waals surface area contributed by atoms with Crippen molar-refractivity contribution in [1.82, 2.24) is 23.8 Å². The van der Waals surface area contributed by atoms with Crippen LogP contribution in [0.4, 0.5) is 0 Å². The maximum absolute atomic E-state index is 12.6. The highest BCUT2D eigenvalue weighted by Crippen LogP contribution is 2.18. The van der Waals surface area contributed by atoms with E-state index in [4.69, 9.17) is 4.42 Å². The van der Waals surface area contributed by atoms with Gasteiger partial charge in [-0.25, -0.2) is 27.9 Å². The summed E-state index contributed by atoms with van der Waals surface area (Å²) in [6.45, 7) is 1.94. The molecule has 0 amide bonds. The molecular weight excluding hydrogens is 382 g/mol. The van der Waals surface area contributed by atoms with Gasteiger partial charge in [-0.1, -0.05) is 0 Å². The fraction of sp³-hybridized carbons (Fsp3) is 0.167. The third kappa shape index (κ3) is 3.23. The van der Waals surface area contributed by atoms with Crippen molar-refractivity contribution in [3.05, 3.63) is 70.9 Å². The molecule has 28 heavy (non-hydrogen) atoms. The maximum atomic E-state index is 12.6. The van der Waals surface area contributed by atoms with E-state index in [0.717, 1.165) is 11.4 Å². The number of sulfonamides is 1. The highest BCUT2D eigenvalue weighted by Gasteiger charge is 2.17. The summed E-state index contributed by atoms with van der Waals surface area (Å²) in [6, 6.07) is 7.84. The average molecular weight is 399 g/mol. The second-order valence-corrected chi connectivity index (χ2v) is 8.01. The summed E-state index contributed by atoms with van der Waals surface area (Å²) in [5, 5.41) is 0. The number of benzene rings is 1. The van der Waals surface area contributed by atoms with E-state index in [-0.39, 0.29) is 17.0 Å². The highest BCUT2D eigenvalue weighted by atomic mass is 32.2. The molecule has 3 aromatic heterocycles. The smallest absolute Gasteiger partial charge is 0.408 e. The van der Waals surface area contributed by atoms with E-state index in [9.17, 15) is 13.2 Å². The predicted octanol–water partition coefficient (Wildman–Crippen LogP) is 1.50. The third-order valence-electron chi connectivity index (χ3n) is 4.42. The van der Waals surface area contributed by atoms with Crippen molar-refractivity contribution in [1.29, 1.82) is 0 Å². The molecule has 0 unspecified atom stereocenters. The van der Waals surface area contributed by atoms with Crippen LogP contribution in [0, 0.1) is 6.92 Å². The predicted molar refractivity (Wildman–Crippen MR) is 102 cm³/mol. The van der Waals surface area contributed by atoms with Crippen molar-refractivity contribution < 1.29 is 12.8 Å². The third-order valence-corrected chi connectivity index (χ3v) is 5.82. The molecule has 3 heterocycles. The largest absolute Gasteiger partial charge is 0.419 e. The van der Waals surface area contributed by atoms with Gasteiger partial charge in [-0.2, -0.15) is 0 Å². The number of rotatable bonds is 5. The molecule has 0 aliphatic carbocycles. The Morgan fingerprint density at radius 2 is 1.96 bits per heavy atom. The van der Waals surface area contributed by atoms with E-state index in [1.54, 1.807) is 43.8 Å². The first-order valence-electron chi connectivity index (χ1n) is 8.40. The standard InChI is InChI=1S/C18H17N5O4S/c1-12-19-7-8-23(12)17-9-13(5-6-20-17)11-21-28(25,26)14-3-4-15-16(10-14)27-18(24)22(15)2/h3-10,21H,11H2,1-2H3. The van der Waals surface area contributed by atoms with E-state index in [1.807, 2.05) is 11.5 Å². The number of nitrogens with zero attached hydrogens (tertiary/aromatic N) is 4. The Morgan fingerprint density at radius 3 is 2.71 bits per heavy atom. The van der Waals surface area contributed by atoms with Crippen molar-refractivity contribution in [2.75, 3.05) is 0 Å². The molecule has 0 aliphatic rings. The van der Waals surface area contributed by atoms with Gasteiger partial charge in [-0.15, -0.1) is 0 Å². The normalized spacial score (nSPS) is 11.9. The van der Waals surface area contributed by atoms with Crippen LogP contribution in [0.5, 0.6) is 0 Å². The topological polar surface area (TPSA) is 112 Å². The monoisotopic (exact) mass is 399 g/mol. The number of fused-ring (bicyclic) bond motifs is 1. The Balaban J connectivity index is 1.57. The zero-order valence-electron chi connectivity index (χ0n) is 15.2. The molecule has 1 aromatic carbocycles. The number of hydrogen-bond acceptors (Lipinski definition) is 6. The SMILES string of the molecule is Cc1nccn1-c1cc(CNS(=O)(=O)c2ccc3c(c2)oc(=O)n3C)ccn1. The summed E-state index contributed by atoms with van der Waals surface area (Å²) in [5.74, 6) is 0.888. The van der Waals surface area contributed by atoms with Crippen LogP contribution in [-0.4, -0.2) is 27.5 Å². The van der Waals surface area contributed by atoms with Gasteiger partial charge in [0.05, 0.1) is 10.4 Å². The Labute approximate surface area is 160 Å². The Hall–Kier alpha value is -3.24. The van der Waals surface area contributed by atoms with Crippen LogP contribution < -0.4 is 10.5 Å². The Kier molecular flexibility index (Phi) is 4.36. The van der Waals surface area contributed by atoms with Crippen LogP contribution in [-0.2, 0) is 23.6 Å². The molecule has 0 saturated heterocycles. The summed E-state index contributed by atoms with van der Waals surface area (Å²) in [7, 11) is -2.23. The molecule has 10 heteroatoms. The molecule has 9 nitrogen and oxygen atoms in total. The molecule has 0 saturated carbocycles. The van der Waals surface area contributed by atoms with Gasteiger partial charge in [0.1, 0.15) is 11.6 Å². The van der Waals surface area contributed by atoms with Gasteiger partial charge in [-0.05, 0) is 36.8 Å². The summed E-state index contributed by atoms with van der Waals surface area (Å²) < 4.78 is 36.0. The van der Waals surface area contributed by atoms with E-state index in [1.165, 1.54) is 16.7 Å². The molecule has 4 rings (SSSR count). The number of imidazole rings is 1. The van der Waals surface area contributed by atoms with Crippen LogP contribution in [0.25, 0.3) is 16.9 Å². The minimum Gasteiger partial charge on any atom is -0.408 e. The van der Waals surface area contributed by atoms with E-state index in [0.29, 0.717) is 11.3 Å². The first kappa shape index (κ1) is 18.1. The van der Waals surface area contributed by atoms with E-state index in [2.05, 4.69) is 14.7 Å². The first-order chi connectivity index (χ1) is 13.3.